The molecule has 0 aliphatic carbocycles. The molecule has 0 unspecified atom stereocenters. The van der Waals surface area contributed by atoms with Gasteiger partial charge < -0.3 is 4.42 Å². The molecule has 0 atom stereocenters. The first kappa shape index (κ1) is 11.2. The van der Waals surface area contributed by atoms with Crippen LogP contribution in [-0.2, 0) is 0 Å². The van der Waals surface area contributed by atoms with Crippen molar-refractivity contribution >= 4 is 6.21 Å². The van der Waals surface area contributed by atoms with Crippen molar-refractivity contribution in [1.82, 2.24) is 14.9 Å². The molecule has 0 aliphatic rings. The molecule has 0 radical (unpaired) electrons. The molecule has 2 aromatic heterocycles. The van der Waals surface area contributed by atoms with E-state index in [1.807, 2.05) is 30.3 Å². The van der Waals surface area contributed by atoms with Crippen LogP contribution in [0.4, 0.5) is 0 Å². The predicted octanol–water partition coefficient (Wildman–Crippen LogP) is 1.71. The quantitative estimate of drug-likeness (QED) is 0.723. The third-order valence-electron chi connectivity index (χ3n) is 2.53. The SMILES string of the molecule is O=c1[nH]nc(-c2ccccc2)n1/N=C/c1ccco1. The lowest BCUT2D eigenvalue weighted by Gasteiger charge is -1.98. The Hall–Kier alpha value is -2.89. The summed E-state index contributed by atoms with van der Waals surface area (Å²) >= 11 is 0. The summed E-state index contributed by atoms with van der Waals surface area (Å²) in [7, 11) is 0. The molecule has 0 spiro atoms. The highest BCUT2D eigenvalue weighted by Crippen LogP contribution is 2.13. The molecule has 0 saturated carbocycles. The summed E-state index contributed by atoms with van der Waals surface area (Å²) in [6.45, 7) is 0. The molecule has 6 nitrogen and oxygen atoms in total. The Kier molecular flexibility index (Phi) is 2.82. The second-order valence-corrected chi connectivity index (χ2v) is 3.79. The fraction of sp³-hybridized carbons (Fsp3) is 0. The van der Waals surface area contributed by atoms with Gasteiger partial charge in [-0.05, 0) is 12.1 Å². The fourth-order valence-corrected chi connectivity index (χ4v) is 1.65. The van der Waals surface area contributed by atoms with Gasteiger partial charge in [-0.2, -0.15) is 14.9 Å². The van der Waals surface area contributed by atoms with Crippen LogP contribution >= 0.6 is 0 Å². The van der Waals surface area contributed by atoms with Crippen LogP contribution in [0.25, 0.3) is 11.4 Å². The maximum absolute atomic E-state index is 11.7. The van der Waals surface area contributed by atoms with Crippen molar-refractivity contribution in [3.8, 4) is 11.4 Å². The Bertz CT molecular complexity index is 739. The molecule has 0 fully saturated rings. The Balaban J connectivity index is 2.02. The number of aromatic amines is 1. The average molecular weight is 254 g/mol. The van der Waals surface area contributed by atoms with Gasteiger partial charge in [0.05, 0.1) is 12.5 Å². The third kappa shape index (κ3) is 2.23. The molecule has 1 aromatic carbocycles. The van der Waals surface area contributed by atoms with Gasteiger partial charge in [0.15, 0.2) is 5.82 Å². The maximum Gasteiger partial charge on any atom is 0.364 e. The third-order valence-corrected chi connectivity index (χ3v) is 2.53. The van der Waals surface area contributed by atoms with Crippen molar-refractivity contribution < 1.29 is 4.42 Å². The van der Waals surface area contributed by atoms with E-state index in [0.717, 1.165) is 5.56 Å². The molecule has 94 valence electrons. The van der Waals surface area contributed by atoms with Gasteiger partial charge in [-0.1, -0.05) is 30.3 Å². The number of hydrogen-bond donors (Lipinski definition) is 1. The van der Waals surface area contributed by atoms with Crippen LogP contribution in [0.2, 0.25) is 0 Å². The first-order valence-corrected chi connectivity index (χ1v) is 5.65. The van der Waals surface area contributed by atoms with E-state index in [1.165, 1.54) is 17.2 Å². The summed E-state index contributed by atoms with van der Waals surface area (Å²) in [5.74, 6) is 1.01. The van der Waals surface area contributed by atoms with Crippen molar-refractivity contribution in [2.75, 3.05) is 0 Å². The maximum atomic E-state index is 11.7. The number of benzene rings is 1. The zero-order valence-electron chi connectivity index (χ0n) is 9.85. The normalized spacial score (nSPS) is 11.2. The van der Waals surface area contributed by atoms with E-state index in [0.29, 0.717) is 11.6 Å². The monoisotopic (exact) mass is 254 g/mol. The number of furan rings is 1. The number of hydrogen-bond acceptors (Lipinski definition) is 4. The largest absolute Gasteiger partial charge is 0.463 e. The highest BCUT2D eigenvalue weighted by molar-refractivity contribution is 5.75. The van der Waals surface area contributed by atoms with Gasteiger partial charge in [0, 0.05) is 5.56 Å². The summed E-state index contributed by atoms with van der Waals surface area (Å²) in [6.07, 6.45) is 3.00. The Morgan fingerprint density at radius 3 is 2.79 bits per heavy atom. The number of nitrogens with zero attached hydrogens (tertiary/aromatic N) is 3. The molecule has 19 heavy (non-hydrogen) atoms. The lowest BCUT2D eigenvalue weighted by molar-refractivity contribution is 0.559. The molecule has 0 aliphatic heterocycles. The zero-order chi connectivity index (χ0) is 13.1. The standard InChI is InChI=1S/C13H10N4O2/c18-13-16-15-12(10-5-2-1-3-6-10)17(13)14-9-11-7-4-8-19-11/h1-9H,(H,16,18)/b14-9+. The van der Waals surface area contributed by atoms with Gasteiger partial charge in [0.1, 0.15) is 5.76 Å². The van der Waals surface area contributed by atoms with E-state index in [2.05, 4.69) is 15.3 Å². The van der Waals surface area contributed by atoms with Crippen LogP contribution in [0.3, 0.4) is 0 Å². The summed E-state index contributed by atoms with van der Waals surface area (Å²) in [5.41, 5.74) is 0.402. The van der Waals surface area contributed by atoms with Crippen LogP contribution in [0.1, 0.15) is 5.76 Å². The van der Waals surface area contributed by atoms with Gasteiger partial charge in [0.25, 0.3) is 0 Å². The summed E-state index contributed by atoms with van der Waals surface area (Å²) in [6, 6.07) is 12.8. The van der Waals surface area contributed by atoms with Gasteiger partial charge in [0.2, 0.25) is 0 Å². The van der Waals surface area contributed by atoms with E-state index in [-0.39, 0.29) is 0 Å². The zero-order valence-corrected chi connectivity index (χ0v) is 9.85. The lowest BCUT2D eigenvalue weighted by atomic mass is 10.2. The fourth-order valence-electron chi connectivity index (χ4n) is 1.65. The minimum absolute atomic E-state index is 0.401. The first-order valence-electron chi connectivity index (χ1n) is 5.65. The van der Waals surface area contributed by atoms with Gasteiger partial charge in [-0.15, -0.1) is 0 Å². The second kappa shape index (κ2) is 4.77. The van der Waals surface area contributed by atoms with Gasteiger partial charge >= 0.3 is 5.69 Å². The predicted molar refractivity (Wildman–Crippen MR) is 70.0 cm³/mol. The van der Waals surface area contributed by atoms with E-state index in [9.17, 15) is 4.79 Å². The molecule has 1 N–H and O–H groups in total. The van der Waals surface area contributed by atoms with Crippen molar-refractivity contribution in [3.05, 3.63) is 65.0 Å². The minimum atomic E-state index is -0.401. The highest BCUT2D eigenvalue weighted by Gasteiger charge is 2.08. The molecule has 2 heterocycles. The lowest BCUT2D eigenvalue weighted by Crippen LogP contribution is -2.13. The smallest absolute Gasteiger partial charge is 0.364 e. The van der Waals surface area contributed by atoms with Crippen LogP contribution in [0, 0.1) is 0 Å². The molecule has 0 bridgehead atoms. The van der Waals surface area contributed by atoms with E-state index >= 15 is 0 Å². The Morgan fingerprint density at radius 1 is 1.21 bits per heavy atom. The van der Waals surface area contributed by atoms with Crippen molar-refractivity contribution in [1.29, 1.82) is 0 Å². The second-order valence-electron chi connectivity index (χ2n) is 3.79. The molecule has 3 aromatic rings. The average Bonchev–Trinajstić information content (AvgIpc) is 3.07. The minimum Gasteiger partial charge on any atom is -0.463 e. The number of nitrogens with one attached hydrogen (secondary N) is 1. The van der Waals surface area contributed by atoms with Gasteiger partial charge in [-0.25, -0.2) is 9.89 Å². The molecular weight excluding hydrogens is 244 g/mol. The molecular formula is C13H10N4O2. The van der Waals surface area contributed by atoms with Crippen LogP contribution in [0.5, 0.6) is 0 Å². The number of aromatic nitrogens is 3. The number of rotatable bonds is 3. The van der Waals surface area contributed by atoms with E-state index in [1.54, 1.807) is 12.1 Å². The van der Waals surface area contributed by atoms with Crippen LogP contribution in [0.15, 0.2) is 63.0 Å². The van der Waals surface area contributed by atoms with E-state index < -0.39 is 5.69 Å². The topological polar surface area (TPSA) is 76.2 Å². The summed E-state index contributed by atoms with van der Waals surface area (Å²) in [4.78, 5) is 11.7. The molecule has 3 rings (SSSR count). The van der Waals surface area contributed by atoms with Crippen molar-refractivity contribution in [2.24, 2.45) is 5.10 Å². The van der Waals surface area contributed by atoms with Crippen molar-refractivity contribution in [3.63, 3.8) is 0 Å². The first-order chi connectivity index (χ1) is 9.34. The van der Waals surface area contributed by atoms with Gasteiger partial charge in [-0.3, -0.25) is 0 Å². The van der Waals surface area contributed by atoms with Crippen molar-refractivity contribution in [2.45, 2.75) is 0 Å². The van der Waals surface area contributed by atoms with Crippen LogP contribution in [-0.4, -0.2) is 21.1 Å². The van der Waals surface area contributed by atoms with Crippen LogP contribution < -0.4 is 5.69 Å². The molecule has 0 saturated heterocycles. The highest BCUT2D eigenvalue weighted by atomic mass is 16.3. The molecule has 6 heteroatoms. The molecule has 0 amide bonds. The number of H-pyrrole nitrogens is 1. The Morgan fingerprint density at radius 2 is 2.05 bits per heavy atom. The van der Waals surface area contributed by atoms with E-state index in [4.69, 9.17) is 4.42 Å². The Labute approximate surface area is 108 Å². The summed E-state index contributed by atoms with van der Waals surface area (Å²) < 4.78 is 6.31. The summed E-state index contributed by atoms with van der Waals surface area (Å²) in [5, 5.41) is 10.4.